The molecule has 2 aromatic rings. The van der Waals surface area contributed by atoms with Crippen LogP contribution in [-0.4, -0.2) is 28.8 Å². The summed E-state index contributed by atoms with van der Waals surface area (Å²) >= 11 is 6.22. The van der Waals surface area contributed by atoms with Crippen molar-refractivity contribution in [3.63, 3.8) is 0 Å². The third kappa shape index (κ3) is 3.70. The van der Waals surface area contributed by atoms with Crippen LogP contribution in [0.15, 0.2) is 43.1 Å². The molecule has 1 atom stereocenters. The SMILES string of the molecule is C=CC(=O)NC[C@@H]1CN(c2ccc(C(F)(F)F)cc2)c2c(Cl)cnn2C1. The van der Waals surface area contributed by atoms with Gasteiger partial charge in [0.15, 0.2) is 0 Å². The largest absolute Gasteiger partial charge is 0.416 e. The predicted octanol–water partition coefficient (Wildman–Crippen LogP) is 3.63. The summed E-state index contributed by atoms with van der Waals surface area (Å²) in [5, 5.41) is 7.37. The second kappa shape index (κ2) is 7.03. The van der Waals surface area contributed by atoms with Gasteiger partial charge < -0.3 is 10.2 Å². The molecule has 0 bridgehead atoms. The molecule has 0 unspecified atom stereocenters. The Hall–Kier alpha value is -2.48. The van der Waals surface area contributed by atoms with Crippen molar-refractivity contribution in [3.05, 3.63) is 53.7 Å². The number of hydrogen-bond donors (Lipinski definition) is 1. The molecule has 0 saturated heterocycles. The first kappa shape index (κ1) is 18.3. The van der Waals surface area contributed by atoms with Gasteiger partial charge in [0.25, 0.3) is 0 Å². The van der Waals surface area contributed by atoms with Crippen LogP contribution in [0.1, 0.15) is 5.56 Å². The predicted molar refractivity (Wildman–Crippen MR) is 92.4 cm³/mol. The van der Waals surface area contributed by atoms with E-state index in [0.717, 1.165) is 12.1 Å². The molecule has 26 heavy (non-hydrogen) atoms. The Kier molecular flexibility index (Phi) is 4.95. The summed E-state index contributed by atoms with van der Waals surface area (Å²) < 4.78 is 40.1. The molecule has 0 aliphatic carbocycles. The van der Waals surface area contributed by atoms with Crippen molar-refractivity contribution in [1.82, 2.24) is 15.1 Å². The zero-order chi connectivity index (χ0) is 18.9. The number of anilines is 2. The molecule has 5 nitrogen and oxygen atoms in total. The number of halogens is 4. The minimum atomic E-state index is -4.39. The number of nitrogens with one attached hydrogen (secondary N) is 1. The Morgan fingerprint density at radius 3 is 2.65 bits per heavy atom. The molecule has 1 N–H and O–H groups in total. The van der Waals surface area contributed by atoms with E-state index in [2.05, 4.69) is 17.0 Å². The number of rotatable bonds is 4. The summed E-state index contributed by atoms with van der Waals surface area (Å²) in [4.78, 5) is 13.2. The van der Waals surface area contributed by atoms with Gasteiger partial charge in [0.05, 0.1) is 11.8 Å². The molecule has 3 rings (SSSR count). The van der Waals surface area contributed by atoms with E-state index in [1.807, 2.05) is 4.90 Å². The second-order valence-corrected chi connectivity index (χ2v) is 6.38. The Bertz CT molecular complexity index is 816. The van der Waals surface area contributed by atoms with Crippen molar-refractivity contribution in [2.24, 2.45) is 5.92 Å². The number of hydrogen-bond acceptors (Lipinski definition) is 3. The molecular weight excluding hydrogens is 369 g/mol. The summed E-state index contributed by atoms with van der Waals surface area (Å²) in [7, 11) is 0. The zero-order valence-corrected chi connectivity index (χ0v) is 14.4. The topological polar surface area (TPSA) is 50.2 Å². The van der Waals surface area contributed by atoms with Crippen LogP contribution in [0.3, 0.4) is 0 Å². The lowest BCUT2D eigenvalue weighted by atomic mass is 10.1. The number of carbonyl (C=O) groups excluding carboxylic acids is 1. The van der Waals surface area contributed by atoms with Gasteiger partial charge in [0.2, 0.25) is 5.91 Å². The van der Waals surface area contributed by atoms with Crippen LogP contribution in [0.4, 0.5) is 24.7 Å². The van der Waals surface area contributed by atoms with Gasteiger partial charge in [-0.25, -0.2) is 4.68 Å². The minimum Gasteiger partial charge on any atom is -0.352 e. The van der Waals surface area contributed by atoms with Crippen molar-refractivity contribution in [1.29, 1.82) is 0 Å². The van der Waals surface area contributed by atoms with Gasteiger partial charge in [0, 0.05) is 31.2 Å². The Labute approximate surface area is 153 Å². The van der Waals surface area contributed by atoms with Crippen molar-refractivity contribution < 1.29 is 18.0 Å². The Morgan fingerprint density at radius 1 is 1.35 bits per heavy atom. The van der Waals surface area contributed by atoms with E-state index in [1.165, 1.54) is 24.4 Å². The normalized spacial score (nSPS) is 16.9. The fourth-order valence-electron chi connectivity index (χ4n) is 2.91. The van der Waals surface area contributed by atoms with E-state index in [4.69, 9.17) is 11.6 Å². The first-order chi connectivity index (χ1) is 12.3. The molecule has 138 valence electrons. The van der Waals surface area contributed by atoms with Crippen LogP contribution in [0.2, 0.25) is 5.02 Å². The highest BCUT2D eigenvalue weighted by Gasteiger charge is 2.32. The van der Waals surface area contributed by atoms with E-state index in [9.17, 15) is 18.0 Å². The molecule has 1 aromatic heterocycles. The lowest BCUT2D eigenvalue weighted by Gasteiger charge is -2.35. The van der Waals surface area contributed by atoms with Gasteiger partial charge >= 0.3 is 6.18 Å². The van der Waals surface area contributed by atoms with Gasteiger partial charge in [-0.05, 0) is 30.3 Å². The molecule has 2 heterocycles. The summed E-state index contributed by atoms with van der Waals surface area (Å²) in [6.07, 6.45) is -1.71. The fraction of sp³-hybridized carbons (Fsp3) is 0.294. The molecule has 1 aliphatic heterocycles. The van der Waals surface area contributed by atoms with Crippen LogP contribution in [0.25, 0.3) is 0 Å². The highest BCUT2D eigenvalue weighted by atomic mass is 35.5. The zero-order valence-electron chi connectivity index (χ0n) is 13.6. The number of benzene rings is 1. The lowest BCUT2D eigenvalue weighted by molar-refractivity contribution is -0.137. The standard InChI is InChI=1S/C17H16ClF3N4O/c1-2-15(26)22-7-11-9-24(16-14(18)8-23-25(16)10-11)13-5-3-12(4-6-13)17(19,20)21/h2-6,8,11H,1,7,9-10H2,(H,22,26)/t11-/m1/s1. The van der Waals surface area contributed by atoms with Crippen molar-refractivity contribution in [2.45, 2.75) is 12.7 Å². The maximum absolute atomic E-state index is 12.8. The Morgan fingerprint density at radius 2 is 2.04 bits per heavy atom. The van der Waals surface area contributed by atoms with Crippen LogP contribution in [0, 0.1) is 5.92 Å². The first-order valence-electron chi connectivity index (χ1n) is 7.86. The average Bonchev–Trinajstić information content (AvgIpc) is 2.99. The van der Waals surface area contributed by atoms with E-state index in [-0.39, 0.29) is 11.8 Å². The van der Waals surface area contributed by atoms with E-state index < -0.39 is 11.7 Å². The summed E-state index contributed by atoms with van der Waals surface area (Å²) in [6, 6.07) is 4.88. The molecule has 0 spiro atoms. The van der Waals surface area contributed by atoms with Crippen LogP contribution >= 0.6 is 11.6 Å². The monoisotopic (exact) mass is 384 g/mol. The number of alkyl halides is 3. The van der Waals surface area contributed by atoms with Gasteiger partial charge in [-0.1, -0.05) is 18.2 Å². The van der Waals surface area contributed by atoms with Crippen LogP contribution < -0.4 is 10.2 Å². The fourth-order valence-corrected chi connectivity index (χ4v) is 3.15. The van der Waals surface area contributed by atoms with Crippen molar-refractivity contribution in [2.75, 3.05) is 18.0 Å². The molecule has 9 heteroatoms. The first-order valence-corrected chi connectivity index (χ1v) is 8.23. The van der Waals surface area contributed by atoms with Gasteiger partial charge in [0.1, 0.15) is 10.8 Å². The summed E-state index contributed by atoms with van der Waals surface area (Å²) in [6.45, 7) is 4.81. The third-order valence-corrected chi connectivity index (χ3v) is 4.42. The Balaban J connectivity index is 1.87. The molecule has 0 fully saturated rings. The lowest BCUT2D eigenvalue weighted by Crippen LogP contribution is -2.41. The van der Waals surface area contributed by atoms with Crippen LogP contribution in [0.5, 0.6) is 0 Å². The number of fused-ring (bicyclic) bond motifs is 1. The van der Waals surface area contributed by atoms with Crippen LogP contribution in [-0.2, 0) is 17.5 Å². The average molecular weight is 385 g/mol. The van der Waals surface area contributed by atoms with Crippen molar-refractivity contribution in [3.8, 4) is 0 Å². The number of aromatic nitrogens is 2. The van der Waals surface area contributed by atoms with Gasteiger partial charge in [-0.15, -0.1) is 0 Å². The third-order valence-electron chi connectivity index (χ3n) is 4.15. The minimum absolute atomic E-state index is 0.00431. The summed E-state index contributed by atoms with van der Waals surface area (Å²) in [5.74, 6) is 0.345. The molecular formula is C17H16ClF3N4O. The molecule has 0 radical (unpaired) electrons. The molecule has 1 amide bonds. The van der Waals surface area contributed by atoms with Gasteiger partial charge in [-0.2, -0.15) is 18.3 Å². The van der Waals surface area contributed by atoms with E-state index in [1.54, 1.807) is 4.68 Å². The maximum Gasteiger partial charge on any atom is 0.416 e. The smallest absolute Gasteiger partial charge is 0.352 e. The molecule has 1 aliphatic rings. The summed E-state index contributed by atoms with van der Waals surface area (Å²) in [5.41, 5.74) is -0.144. The number of nitrogens with zero attached hydrogens (tertiary/aromatic N) is 3. The molecule has 1 aromatic carbocycles. The number of carbonyl (C=O) groups is 1. The van der Waals surface area contributed by atoms with Crippen molar-refractivity contribution >= 4 is 29.0 Å². The molecule has 0 saturated carbocycles. The second-order valence-electron chi connectivity index (χ2n) is 5.97. The maximum atomic E-state index is 12.8. The van der Waals surface area contributed by atoms with Gasteiger partial charge in [-0.3, -0.25) is 4.79 Å². The highest BCUT2D eigenvalue weighted by molar-refractivity contribution is 6.33. The number of amides is 1. The quantitative estimate of drug-likeness (QED) is 0.819. The van der Waals surface area contributed by atoms with E-state index in [0.29, 0.717) is 36.2 Å². The van der Waals surface area contributed by atoms with E-state index >= 15 is 0 Å². The highest BCUT2D eigenvalue weighted by Crippen LogP contribution is 2.37.